The van der Waals surface area contributed by atoms with Gasteiger partial charge in [-0.1, -0.05) is 24.0 Å². The number of hydrogen-bond acceptors (Lipinski definition) is 6. The Morgan fingerprint density at radius 2 is 1.95 bits per heavy atom. The second kappa shape index (κ2) is 13.1. The van der Waals surface area contributed by atoms with Crippen LogP contribution >= 0.6 is 0 Å². The summed E-state index contributed by atoms with van der Waals surface area (Å²) in [6.07, 6.45) is 0.680. The van der Waals surface area contributed by atoms with Gasteiger partial charge in [0.1, 0.15) is 11.9 Å². The fourth-order valence-corrected chi connectivity index (χ4v) is 4.64. The van der Waals surface area contributed by atoms with Gasteiger partial charge in [-0.3, -0.25) is 14.5 Å². The summed E-state index contributed by atoms with van der Waals surface area (Å²) in [4.78, 5) is 41.1. The van der Waals surface area contributed by atoms with Gasteiger partial charge in [0.25, 0.3) is 0 Å². The largest absolute Gasteiger partial charge is 0.442 e. The number of cyclic esters (lactones) is 1. The normalized spacial score (nSPS) is 16.9. The highest BCUT2D eigenvalue weighted by molar-refractivity contribution is 5.90. The van der Waals surface area contributed by atoms with E-state index in [1.165, 1.54) is 17.9 Å². The first-order valence-corrected chi connectivity index (χ1v) is 13.2. The minimum Gasteiger partial charge on any atom is -0.442 e. The van der Waals surface area contributed by atoms with Gasteiger partial charge in [-0.05, 0) is 42.3 Å². The van der Waals surface area contributed by atoms with Gasteiger partial charge in [0.2, 0.25) is 11.8 Å². The molecule has 10 heteroatoms. The Morgan fingerprint density at radius 3 is 2.67 bits per heavy atom. The number of carbonyl (C=O) groups excluding carboxylic acids is 3. The second-order valence-corrected chi connectivity index (χ2v) is 9.62. The van der Waals surface area contributed by atoms with Crippen LogP contribution < -0.4 is 20.9 Å². The van der Waals surface area contributed by atoms with Crippen molar-refractivity contribution < 1.29 is 23.5 Å². The highest BCUT2D eigenvalue weighted by Crippen LogP contribution is 2.28. The summed E-state index contributed by atoms with van der Waals surface area (Å²) in [5, 5.41) is 2.62. The lowest BCUT2D eigenvalue weighted by Gasteiger charge is -2.36. The van der Waals surface area contributed by atoms with Crippen molar-refractivity contribution in [2.75, 3.05) is 49.1 Å². The summed E-state index contributed by atoms with van der Waals surface area (Å²) in [6, 6.07) is 12.5. The fourth-order valence-electron chi connectivity index (χ4n) is 4.64. The molecule has 1 unspecified atom stereocenters. The molecule has 2 fully saturated rings. The molecule has 0 spiro atoms. The zero-order chi connectivity index (χ0) is 27.8. The minimum atomic E-state index is -0.573. The predicted octanol–water partition coefficient (Wildman–Crippen LogP) is 2.62. The lowest BCUT2D eigenvalue weighted by atomic mass is 10.1. The Bertz CT molecular complexity index is 1270. The maximum absolute atomic E-state index is 15.0. The first-order chi connectivity index (χ1) is 18.8. The molecule has 2 aliphatic rings. The Hall–Kier alpha value is -4.10. The van der Waals surface area contributed by atoms with Crippen molar-refractivity contribution in [2.24, 2.45) is 5.73 Å². The minimum absolute atomic E-state index is 0.0822. The summed E-state index contributed by atoms with van der Waals surface area (Å²) in [5.74, 6) is 5.67. The average Bonchev–Trinajstić information content (AvgIpc) is 3.32. The zero-order valence-electron chi connectivity index (χ0n) is 22.1. The molecule has 9 nitrogen and oxygen atoms in total. The smallest absolute Gasteiger partial charge is 0.414 e. The van der Waals surface area contributed by atoms with Crippen molar-refractivity contribution in [1.29, 1.82) is 0 Å². The van der Waals surface area contributed by atoms with Gasteiger partial charge in [-0.15, -0.1) is 0 Å². The molecule has 206 valence electrons. The van der Waals surface area contributed by atoms with Gasteiger partial charge < -0.3 is 25.6 Å². The van der Waals surface area contributed by atoms with E-state index in [1.54, 1.807) is 12.1 Å². The summed E-state index contributed by atoms with van der Waals surface area (Å²) < 4.78 is 20.3. The number of unbranched alkanes of at least 4 members (excludes halogenated alkanes) is 1. The highest BCUT2D eigenvalue weighted by atomic mass is 19.1. The molecule has 2 aliphatic heterocycles. The quantitative estimate of drug-likeness (QED) is 0.398. The van der Waals surface area contributed by atoms with Crippen LogP contribution in [-0.4, -0.2) is 68.2 Å². The van der Waals surface area contributed by atoms with E-state index in [0.717, 1.165) is 11.1 Å². The van der Waals surface area contributed by atoms with Gasteiger partial charge >= 0.3 is 6.09 Å². The van der Waals surface area contributed by atoms with E-state index < -0.39 is 18.0 Å². The van der Waals surface area contributed by atoms with Crippen LogP contribution in [0.15, 0.2) is 42.5 Å². The fraction of sp³-hybridized carbons (Fsp3) is 0.414. The van der Waals surface area contributed by atoms with Crippen LogP contribution in [-0.2, 0) is 20.9 Å². The Morgan fingerprint density at radius 1 is 1.15 bits per heavy atom. The Labute approximate surface area is 228 Å². The SMILES string of the molecule is CC(=O)NCC1CN(c2ccc(N3CCN(C(=O)CCCC#Cc4cccc(CN)c4)CC3)c(F)c2)C(=O)O1. The average molecular weight is 536 g/mol. The topological polar surface area (TPSA) is 108 Å². The molecule has 0 bridgehead atoms. The number of nitrogens with two attached hydrogens (primary N) is 1. The summed E-state index contributed by atoms with van der Waals surface area (Å²) in [7, 11) is 0. The number of piperazine rings is 1. The molecule has 0 radical (unpaired) electrons. The van der Waals surface area contributed by atoms with E-state index in [9.17, 15) is 14.4 Å². The van der Waals surface area contributed by atoms with Gasteiger partial charge in [0.15, 0.2) is 0 Å². The van der Waals surface area contributed by atoms with Gasteiger partial charge in [-0.25, -0.2) is 9.18 Å². The maximum atomic E-state index is 15.0. The number of nitrogens with zero attached hydrogens (tertiary/aromatic N) is 3. The molecular formula is C29H34FN5O4. The van der Waals surface area contributed by atoms with Gasteiger partial charge in [-0.2, -0.15) is 0 Å². The first-order valence-electron chi connectivity index (χ1n) is 13.2. The van der Waals surface area contributed by atoms with E-state index >= 15 is 4.39 Å². The van der Waals surface area contributed by atoms with E-state index in [1.807, 2.05) is 34.1 Å². The van der Waals surface area contributed by atoms with Crippen LogP contribution in [0.1, 0.15) is 37.3 Å². The molecule has 3 N–H and O–H groups in total. The predicted molar refractivity (Wildman–Crippen MR) is 147 cm³/mol. The van der Waals surface area contributed by atoms with Crippen LogP contribution in [0.2, 0.25) is 0 Å². The summed E-state index contributed by atoms with van der Waals surface area (Å²) in [6.45, 7) is 4.37. The van der Waals surface area contributed by atoms with E-state index in [2.05, 4.69) is 17.2 Å². The Kier molecular flexibility index (Phi) is 9.39. The van der Waals surface area contributed by atoms with Crippen molar-refractivity contribution in [2.45, 2.75) is 38.8 Å². The number of hydrogen-bond donors (Lipinski definition) is 2. The molecule has 2 aromatic carbocycles. The van der Waals surface area contributed by atoms with Gasteiger partial charge in [0, 0.05) is 58.1 Å². The summed E-state index contributed by atoms with van der Waals surface area (Å²) in [5.41, 5.74) is 8.46. The van der Waals surface area contributed by atoms with Crippen molar-refractivity contribution in [3.63, 3.8) is 0 Å². The van der Waals surface area contributed by atoms with Gasteiger partial charge in [0.05, 0.1) is 24.5 Å². The molecule has 0 saturated carbocycles. The third-order valence-electron chi connectivity index (χ3n) is 6.76. The zero-order valence-corrected chi connectivity index (χ0v) is 22.1. The van der Waals surface area contributed by atoms with E-state index in [0.29, 0.717) is 63.4 Å². The first kappa shape index (κ1) is 27.9. The Balaban J connectivity index is 1.23. The summed E-state index contributed by atoms with van der Waals surface area (Å²) >= 11 is 0. The van der Waals surface area contributed by atoms with Crippen molar-refractivity contribution in [3.05, 3.63) is 59.4 Å². The number of halogens is 1. The third kappa shape index (κ3) is 7.48. The monoisotopic (exact) mass is 535 g/mol. The van der Waals surface area contributed by atoms with Crippen LogP contribution in [0.5, 0.6) is 0 Å². The van der Waals surface area contributed by atoms with Crippen LogP contribution in [0, 0.1) is 17.7 Å². The molecule has 2 aromatic rings. The van der Waals surface area contributed by atoms with Crippen LogP contribution in [0.25, 0.3) is 0 Å². The molecule has 3 amide bonds. The molecule has 1 atom stereocenters. The molecule has 0 aromatic heterocycles. The standard InChI is InChI=1S/C29H34FN5O4/c1-21(36)32-19-25-20-35(29(38)39-25)24-10-11-27(26(30)17-24)33-12-14-34(15-13-33)28(37)9-4-2-3-6-22-7-5-8-23(16-22)18-31/h5,7-8,10-11,16-17,25H,2,4,9,12-15,18-20,31H2,1H3,(H,32,36). The number of carbonyl (C=O) groups is 3. The number of nitrogens with one attached hydrogen (secondary N) is 1. The van der Waals surface area contributed by atoms with E-state index in [-0.39, 0.29) is 24.9 Å². The molecule has 39 heavy (non-hydrogen) atoms. The molecular weight excluding hydrogens is 501 g/mol. The van der Waals surface area contributed by atoms with Crippen LogP contribution in [0.4, 0.5) is 20.6 Å². The van der Waals surface area contributed by atoms with Crippen molar-refractivity contribution >= 4 is 29.3 Å². The molecule has 0 aliphatic carbocycles. The number of rotatable bonds is 8. The lowest BCUT2D eigenvalue weighted by molar-refractivity contribution is -0.131. The second-order valence-electron chi connectivity index (χ2n) is 9.62. The lowest BCUT2D eigenvalue weighted by Crippen LogP contribution is -2.49. The maximum Gasteiger partial charge on any atom is 0.414 e. The number of amides is 3. The van der Waals surface area contributed by atoms with Crippen molar-refractivity contribution in [1.82, 2.24) is 10.2 Å². The number of ether oxygens (including phenoxy) is 1. The molecule has 4 rings (SSSR count). The van der Waals surface area contributed by atoms with E-state index in [4.69, 9.17) is 10.5 Å². The third-order valence-corrected chi connectivity index (χ3v) is 6.76. The van der Waals surface area contributed by atoms with Crippen molar-refractivity contribution in [3.8, 4) is 11.8 Å². The number of anilines is 2. The molecule has 2 saturated heterocycles. The number of benzene rings is 2. The van der Waals surface area contributed by atoms with Crippen LogP contribution in [0.3, 0.4) is 0 Å². The highest BCUT2D eigenvalue weighted by Gasteiger charge is 2.33. The molecule has 2 heterocycles.